The van der Waals surface area contributed by atoms with Crippen molar-refractivity contribution >= 4 is 17.5 Å². The molecule has 0 unspecified atom stereocenters. The van der Waals surface area contributed by atoms with E-state index in [-0.39, 0.29) is 18.1 Å². The fraction of sp³-hybridized carbons (Fsp3) is 0.467. The van der Waals surface area contributed by atoms with Gasteiger partial charge in [0.1, 0.15) is 5.82 Å². The van der Waals surface area contributed by atoms with E-state index < -0.39 is 11.8 Å². The fourth-order valence-electron chi connectivity index (χ4n) is 2.21. The van der Waals surface area contributed by atoms with Crippen LogP contribution in [0.5, 0.6) is 0 Å². The third-order valence-electron chi connectivity index (χ3n) is 3.27. The second-order valence-electron chi connectivity index (χ2n) is 4.80. The second-order valence-corrected chi connectivity index (χ2v) is 4.80. The molecule has 0 radical (unpaired) electrons. The molecule has 1 heterocycles. The maximum atomic E-state index is 13.6. The Balaban J connectivity index is 2.15. The van der Waals surface area contributed by atoms with E-state index in [1.54, 1.807) is 25.1 Å². The summed E-state index contributed by atoms with van der Waals surface area (Å²) >= 11 is 0. The Bertz CT molecular complexity index is 513. The Hall–Kier alpha value is -2.11. The number of carbonyl (C=O) groups excluding carboxylic acids is 1. The smallest absolute Gasteiger partial charge is 0.375 e. The van der Waals surface area contributed by atoms with Gasteiger partial charge in [0.05, 0.1) is 12.3 Å². The van der Waals surface area contributed by atoms with Crippen molar-refractivity contribution in [2.24, 2.45) is 5.10 Å². The number of carbonyl (C=O) groups is 1. The van der Waals surface area contributed by atoms with Gasteiger partial charge >= 0.3 is 5.97 Å². The molecule has 1 aromatic rings. The number of ether oxygens (including phenoxy) is 1. The highest BCUT2D eigenvalue weighted by atomic mass is 19.1. The van der Waals surface area contributed by atoms with Crippen LogP contribution in [0.25, 0.3) is 0 Å². The lowest BCUT2D eigenvalue weighted by atomic mass is 10.1. The van der Waals surface area contributed by atoms with E-state index in [4.69, 9.17) is 4.74 Å². The summed E-state index contributed by atoms with van der Waals surface area (Å²) in [4.78, 5) is 13.9. The minimum Gasteiger partial charge on any atom is -0.460 e. The lowest BCUT2D eigenvalue weighted by Gasteiger charge is -2.28. The predicted molar refractivity (Wildman–Crippen MR) is 79.5 cm³/mol. The molecule has 0 amide bonds. The molecule has 0 bridgehead atoms. The van der Waals surface area contributed by atoms with Crippen LogP contribution in [0, 0.1) is 5.82 Å². The van der Waals surface area contributed by atoms with Crippen LogP contribution in [0.2, 0.25) is 0 Å². The van der Waals surface area contributed by atoms with E-state index in [0.717, 1.165) is 32.4 Å². The van der Waals surface area contributed by atoms with Crippen LogP contribution in [-0.4, -0.2) is 36.4 Å². The molecule has 0 saturated carbocycles. The summed E-state index contributed by atoms with van der Waals surface area (Å²) in [5.41, 5.74) is 2.85. The highest BCUT2D eigenvalue weighted by Gasteiger charge is 2.23. The van der Waals surface area contributed by atoms with Gasteiger partial charge in [0, 0.05) is 13.1 Å². The van der Waals surface area contributed by atoms with Gasteiger partial charge in [0.2, 0.25) is 5.84 Å². The number of anilines is 1. The van der Waals surface area contributed by atoms with E-state index in [0.29, 0.717) is 0 Å². The zero-order chi connectivity index (χ0) is 15.1. The number of hydrogen-bond donors (Lipinski definition) is 1. The first-order valence-electron chi connectivity index (χ1n) is 7.22. The number of benzene rings is 1. The average molecular weight is 293 g/mol. The van der Waals surface area contributed by atoms with Gasteiger partial charge in [-0.25, -0.2) is 9.18 Å². The molecule has 1 N–H and O–H groups in total. The molecule has 21 heavy (non-hydrogen) atoms. The van der Waals surface area contributed by atoms with Crippen LogP contribution >= 0.6 is 0 Å². The van der Waals surface area contributed by atoms with Crippen molar-refractivity contribution in [3.63, 3.8) is 0 Å². The van der Waals surface area contributed by atoms with Gasteiger partial charge in [-0.3, -0.25) is 5.43 Å². The quantitative estimate of drug-likeness (QED) is 0.403. The lowest BCUT2D eigenvalue weighted by Crippen LogP contribution is -2.41. The molecular weight excluding hydrogens is 273 g/mol. The van der Waals surface area contributed by atoms with Crippen molar-refractivity contribution in [2.45, 2.75) is 26.2 Å². The minimum atomic E-state index is -0.483. The SMILES string of the molecule is CCOC(=O)/C(=N\Nc1ccccc1F)N1CCCCC1. The van der Waals surface area contributed by atoms with Crippen molar-refractivity contribution < 1.29 is 13.9 Å². The number of hydrazone groups is 1. The molecule has 1 aromatic carbocycles. The molecular formula is C15H20FN3O2. The van der Waals surface area contributed by atoms with Crippen LogP contribution in [0.15, 0.2) is 29.4 Å². The highest BCUT2D eigenvalue weighted by Crippen LogP contribution is 2.14. The monoisotopic (exact) mass is 293 g/mol. The van der Waals surface area contributed by atoms with Crippen LogP contribution in [0.3, 0.4) is 0 Å². The summed E-state index contributed by atoms with van der Waals surface area (Å²) in [6.07, 6.45) is 3.17. The summed E-state index contributed by atoms with van der Waals surface area (Å²) in [6, 6.07) is 6.20. The molecule has 1 aliphatic heterocycles. The molecule has 5 nitrogen and oxygen atoms in total. The summed E-state index contributed by atoms with van der Waals surface area (Å²) in [5.74, 6) is -0.689. The Labute approximate surface area is 123 Å². The van der Waals surface area contributed by atoms with Crippen molar-refractivity contribution in [3.05, 3.63) is 30.1 Å². The van der Waals surface area contributed by atoms with Crippen LogP contribution in [0.1, 0.15) is 26.2 Å². The summed E-state index contributed by atoms with van der Waals surface area (Å²) in [7, 11) is 0. The van der Waals surface area contributed by atoms with E-state index in [2.05, 4.69) is 10.5 Å². The topological polar surface area (TPSA) is 53.9 Å². The van der Waals surface area contributed by atoms with E-state index >= 15 is 0 Å². The number of esters is 1. The molecule has 114 valence electrons. The second kappa shape index (κ2) is 7.61. The maximum absolute atomic E-state index is 13.6. The van der Waals surface area contributed by atoms with Crippen LogP contribution in [0.4, 0.5) is 10.1 Å². The van der Waals surface area contributed by atoms with Crippen molar-refractivity contribution in [3.8, 4) is 0 Å². The molecule has 6 heteroatoms. The number of halogens is 1. The first kappa shape index (κ1) is 15.3. The molecule has 0 aromatic heterocycles. The summed E-state index contributed by atoms with van der Waals surface area (Å²) in [6.45, 7) is 3.55. The van der Waals surface area contributed by atoms with Crippen LogP contribution in [-0.2, 0) is 9.53 Å². The Morgan fingerprint density at radius 2 is 2.05 bits per heavy atom. The van der Waals surface area contributed by atoms with Gasteiger partial charge in [-0.2, -0.15) is 0 Å². The van der Waals surface area contributed by atoms with Gasteiger partial charge in [0.15, 0.2) is 0 Å². The number of likely N-dealkylation sites (tertiary alicyclic amines) is 1. The third kappa shape index (κ3) is 4.18. The third-order valence-corrected chi connectivity index (χ3v) is 3.27. The summed E-state index contributed by atoms with van der Waals surface area (Å²) < 4.78 is 18.6. The number of para-hydroxylation sites is 1. The summed E-state index contributed by atoms with van der Waals surface area (Å²) in [5, 5.41) is 4.08. The first-order chi connectivity index (χ1) is 10.2. The molecule has 1 saturated heterocycles. The number of rotatable bonds is 3. The number of nitrogens with one attached hydrogen (secondary N) is 1. The van der Waals surface area contributed by atoms with Gasteiger partial charge in [-0.05, 0) is 38.3 Å². The van der Waals surface area contributed by atoms with Gasteiger partial charge < -0.3 is 9.64 Å². The number of piperidine rings is 1. The molecule has 0 atom stereocenters. The lowest BCUT2D eigenvalue weighted by molar-refractivity contribution is -0.136. The first-order valence-corrected chi connectivity index (χ1v) is 7.22. The fourth-order valence-corrected chi connectivity index (χ4v) is 2.21. The number of hydrogen-bond acceptors (Lipinski definition) is 4. The van der Waals surface area contributed by atoms with Crippen LogP contribution < -0.4 is 5.43 Å². The average Bonchev–Trinajstić information content (AvgIpc) is 2.50. The Kier molecular flexibility index (Phi) is 5.54. The molecule has 2 rings (SSSR count). The van der Waals surface area contributed by atoms with Crippen molar-refractivity contribution in [2.75, 3.05) is 25.1 Å². The molecule has 1 fully saturated rings. The van der Waals surface area contributed by atoms with E-state index in [9.17, 15) is 9.18 Å². The zero-order valence-electron chi connectivity index (χ0n) is 12.1. The van der Waals surface area contributed by atoms with Crippen molar-refractivity contribution in [1.82, 2.24) is 4.90 Å². The van der Waals surface area contributed by atoms with E-state index in [1.165, 1.54) is 6.07 Å². The standard InChI is InChI=1S/C15H20FN3O2/c1-2-21-15(20)14(19-10-6-3-7-11-19)18-17-13-9-5-4-8-12(13)16/h4-5,8-9,17H,2-3,6-7,10-11H2,1H3/b18-14+. The largest absolute Gasteiger partial charge is 0.460 e. The van der Waals surface area contributed by atoms with Gasteiger partial charge in [-0.1, -0.05) is 12.1 Å². The molecule has 1 aliphatic rings. The zero-order valence-corrected chi connectivity index (χ0v) is 12.1. The predicted octanol–water partition coefficient (Wildman–Crippen LogP) is 2.60. The Morgan fingerprint density at radius 1 is 1.33 bits per heavy atom. The maximum Gasteiger partial charge on any atom is 0.375 e. The van der Waals surface area contributed by atoms with Gasteiger partial charge in [0.25, 0.3) is 0 Å². The number of amidine groups is 1. The van der Waals surface area contributed by atoms with Gasteiger partial charge in [-0.15, -0.1) is 5.10 Å². The highest BCUT2D eigenvalue weighted by molar-refractivity contribution is 6.35. The van der Waals surface area contributed by atoms with Crippen molar-refractivity contribution in [1.29, 1.82) is 0 Å². The molecule has 0 aliphatic carbocycles. The minimum absolute atomic E-state index is 0.208. The van der Waals surface area contributed by atoms with E-state index in [1.807, 2.05) is 4.90 Å². The normalized spacial score (nSPS) is 15.7. The Morgan fingerprint density at radius 3 is 2.71 bits per heavy atom. The number of nitrogens with zero attached hydrogens (tertiary/aromatic N) is 2. The molecule has 0 spiro atoms.